The van der Waals surface area contributed by atoms with Crippen LogP contribution in [0.3, 0.4) is 0 Å². The average molecular weight is 359 g/mol. The fraction of sp³-hybridized carbons (Fsp3) is 0.214. The van der Waals surface area contributed by atoms with Gasteiger partial charge in [0.2, 0.25) is 0 Å². The van der Waals surface area contributed by atoms with Crippen molar-refractivity contribution in [1.82, 2.24) is 0 Å². The highest BCUT2D eigenvalue weighted by molar-refractivity contribution is 9.10. The first kappa shape index (κ1) is 14.9. The second-order valence-corrected chi connectivity index (χ2v) is 5.42. The maximum atomic E-state index is 11.5. The second kappa shape index (κ2) is 6.33. The molecule has 0 bridgehead atoms. The summed E-state index contributed by atoms with van der Waals surface area (Å²) in [6, 6.07) is 7.24. The molecule has 2 aromatic rings. The van der Waals surface area contributed by atoms with E-state index in [0.717, 1.165) is 10.2 Å². The number of hydrogen-bond acceptors (Lipinski definition) is 4. The predicted octanol–water partition coefficient (Wildman–Crippen LogP) is 4.40. The first-order valence-electron chi connectivity index (χ1n) is 5.88. The number of esters is 1. The minimum Gasteiger partial charge on any atom is -0.465 e. The summed E-state index contributed by atoms with van der Waals surface area (Å²) in [5.41, 5.74) is 1.31. The van der Waals surface area contributed by atoms with Crippen molar-refractivity contribution in [3.8, 4) is 0 Å². The van der Waals surface area contributed by atoms with Crippen LogP contribution < -0.4 is 5.32 Å². The first-order valence-corrected chi connectivity index (χ1v) is 7.05. The van der Waals surface area contributed by atoms with Crippen LogP contribution in [0.5, 0.6) is 0 Å². The van der Waals surface area contributed by atoms with Crippen molar-refractivity contribution in [3.05, 3.63) is 50.8 Å². The van der Waals surface area contributed by atoms with Gasteiger partial charge in [-0.25, -0.2) is 4.79 Å². The molecule has 6 heteroatoms. The fourth-order valence-electron chi connectivity index (χ4n) is 1.74. The van der Waals surface area contributed by atoms with Crippen LogP contribution in [0.1, 0.15) is 21.9 Å². The van der Waals surface area contributed by atoms with E-state index < -0.39 is 5.97 Å². The zero-order valence-corrected chi connectivity index (χ0v) is 13.3. The van der Waals surface area contributed by atoms with E-state index in [1.54, 1.807) is 13.0 Å². The molecule has 0 radical (unpaired) electrons. The van der Waals surface area contributed by atoms with E-state index in [-0.39, 0.29) is 0 Å². The minimum absolute atomic E-state index is 0.399. The predicted molar refractivity (Wildman–Crippen MR) is 81.3 cm³/mol. The van der Waals surface area contributed by atoms with Crippen LogP contribution >= 0.6 is 27.5 Å². The molecule has 4 nitrogen and oxygen atoms in total. The molecule has 0 atom stereocenters. The third-order valence-electron chi connectivity index (χ3n) is 2.76. The van der Waals surface area contributed by atoms with Gasteiger partial charge in [0.25, 0.3) is 0 Å². The summed E-state index contributed by atoms with van der Waals surface area (Å²) >= 11 is 9.35. The maximum absolute atomic E-state index is 11.5. The third-order valence-corrected chi connectivity index (χ3v) is 3.99. The summed E-state index contributed by atoms with van der Waals surface area (Å²) in [6.45, 7) is 2.18. The highest BCUT2D eigenvalue weighted by Gasteiger charge is 2.15. The van der Waals surface area contributed by atoms with E-state index in [1.165, 1.54) is 7.11 Å². The van der Waals surface area contributed by atoms with Gasteiger partial charge in [-0.2, -0.15) is 0 Å². The summed E-state index contributed by atoms with van der Waals surface area (Å²) in [7, 11) is 1.34. The monoisotopic (exact) mass is 357 g/mol. The number of carbonyl (C=O) groups excluding carboxylic acids is 1. The largest absolute Gasteiger partial charge is 0.465 e. The number of aryl methyl sites for hydroxylation is 1. The van der Waals surface area contributed by atoms with E-state index >= 15 is 0 Å². The molecule has 0 fully saturated rings. The van der Waals surface area contributed by atoms with Crippen LogP contribution in [-0.2, 0) is 11.3 Å². The lowest BCUT2D eigenvalue weighted by atomic mass is 10.2. The molecular weight excluding hydrogens is 346 g/mol. The quantitative estimate of drug-likeness (QED) is 0.823. The van der Waals surface area contributed by atoms with Gasteiger partial charge in [-0.05, 0) is 47.1 Å². The topological polar surface area (TPSA) is 51.5 Å². The van der Waals surface area contributed by atoms with Crippen molar-refractivity contribution in [1.29, 1.82) is 0 Å². The van der Waals surface area contributed by atoms with E-state index in [4.69, 9.17) is 16.0 Å². The van der Waals surface area contributed by atoms with Crippen LogP contribution in [0, 0.1) is 6.92 Å². The molecule has 20 heavy (non-hydrogen) atoms. The maximum Gasteiger partial charge on any atom is 0.341 e. The number of hydrogen-bond donors (Lipinski definition) is 1. The molecule has 0 spiro atoms. The van der Waals surface area contributed by atoms with Crippen molar-refractivity contribution in [2.45, 2.75) is 13.5 Å². The Balaban J connectivity index is 2.07. The number of carbonyl (C=O) groups is 1. The van der Waals surface area contributed by atoms with Gasteiger partial charge < -0.3 is 14.5 Å². The van der Waals surface area contributed by atoms with Crippen LogP contribution in [-0.4, -0.2) is 13.1 Å². The molecule has 0 aliphatic heterocycles. The number of nitrogens with one attached hydrogen (secondary N) is 1. The normalized spacial score (nSPS) is 10.4. The molecule has 0 unspecified atom stereocenters. The van der Waals surface area contributed by atoms with E-state index in [9.17, 15) is 4.79 Å². The van der Waals surface area contributed by atoms with Gasteiger partial charge in [0.15, 0.2) is 0 Å². The van der Waals surface area contributed by atoms with Crippen molar-refractivity contribution < 1.29 is 13.9 Å². The van der Waals surface area contributed by atoms with Gasteiger partial charge >= 0.3 is 5.97 Å². The van der Waals surface area contributed by atoms with Crippen molar-refractivity contribution >= 4 is 39.2 Å². The standard InChI is InChI=1S/C14H13BrClNO3/c1-8-11(14(18)19-2)6-10(20-8)7-17-9-3-4-12(15)13(16)5-9/h3-6,17H,7H2,1-2H3. The van der Waals surface area contributed by atoms with Crippen molar-refractivity contribution in [2.24, 2.45) is 0 Å². The molecule has 0 amide bonds. The highest BCUT2D eigenvalue weighted by Crippen LogP contribution is 2.26. The van der Waals surface area contributed by atoms with Crippen LogP contribution in [0.25, 0.3) is 0 Å². The summed E-state index contributed by atoms with van der Waals surface area (Å²) in [4.78, 5) is 11.5. The Morgan fingerprint density at radius 2 is 2.20 bits per heavy atom. The Labute approximate surface area is 130 Å². The van der Waals surface area contributed by atoms with Gasteiger partial charge in [-0.3, -0.25) is 0 Å². The van der Waals surface area contributed by atoms with E-state index in [0.29, 0.717) is 28.7 Å². The SMILES string of the molecule is COC(=O)c1cc(CNc2ccc(Br)c(Cl)c2)oc1C. The van der Waals surface area contributed by atoms with Gasteiger partial charge in [0, 0.05) is 10.2 Å². The Morgan fingerprint density at radius 1 is 1.45 bits per heavy atom. The smallest absolute Gasteiger partial charge is 0.341 e. The van der Waals surface area contributed by atoms with Crippen molar-refractivity contribution in [2.75, 3.05) is 12.4 Å². The minimum atomic E-state index is -0.399. The zero-order chi connectivity index (χ0) is 14.7. The van der Waals surface area contributed by atoms with E-state index in [1.807, 2.05) is 18.2 Å². The number of rotatable bonds is 4. The van der Waals surface area contributed by atoms with Gasteiger partial charge in [0.05, 0.1) is 18.7 Å². The molecule has 0 aliphatic carbocycles. The first-order chi connectivity index (χ1) is 9.51. The lowest BCUT2D eigenvalue weighted by molar-refractivity contribution is 0.0599. The molecule has 1 heterocycles. The molecule has 0 aliphatic rings. The molecule has 2 rings (SSSR count). The number of benzene rings is 1. The molecule has 0 saturated carbocycles. The van der Waals surface area contributed by atoms with Gasteiger partial charge in [-0.15, -0.1) is 0 Å². The van der Waals surface area contributed by atoms with E-state index in [2.05, 4.69) is 26.0 Å². The Hall–Kier alpha value is -1.46. The zero-order valence-electron chi connectivity index (χ0n) is 11.0. The number of furan rings is 1. The summed E-state index contributed by atoms with van der Waals surface area (Å²) < 4.78 is 11.0. The van der Waals surface area contributed by atoms with Gasteiger partial charge in [0.1, 0.15) is 17.1 Å². The second-order valence-electron chi connectivity index (χ2n) is 4.16. The van der Waals surface area contributed by atoms with Crippen molar-refractivity contribution in [3.63, 3.8) is 0 Å². The Kier molecular flexibility index (Phi) is 4.73. The third kappa shape index (κ3) is 3.35. The number of methoxy groups -OCH3 is 1. The average Bonchev–Trinajstić information content (AvgIpc) is 2.80. The fourth-order valence-corrected chi connectivity index (χ4v) is 2.17. The highest BCUT2D eigenvalue weighted by atomic mass is 79.9. The Bertz CT molecular complexity index is 639. The summed E-state index contributed by atoms with van der Waals surface area (Å²) in [5.74, 6) is 0.800. The van der Waals surface area contributed by atoms with Crippen LogP contribution in [0.4, 0.5) is 5.69 Å². The number of halogens is 2. The van der Waals surface area contributed by atoms with Gasteiger partial charge in [-0.1, -0.05) is 11.6 Å². The lowest BCUT2D eigenvalue weighted by Crippen LogP contribution is -2.01. The molecule has 1 aromatic carbocycles. The van der Waals surface area contributed by atoms with Crippen LogP contribution in [0.15, 0.2) is 33.2 Å². The molecule has 1 N–H and O–H groups in total. The summed E-state index contributed by atoms with van der Waals surface area (Å²) in [5, 5.41) is 3.80. The molecule has 106 valence electrons. The number of ether oxygens (including phenoxy) is 1. The molecule has 0 saturated heterocycles. The number of anilines is 1. The lowest BCUT2D eigenvalue weighted by Gasteiger charge is -2.05. The molecule has 1 aromatic heterocycles. The van der Waals surface area contributed by atoms with Crippen LogP contribution in [0.2, 0.25) is 5.02 Å². The molecular formula is C14H13BrClNO3. The summed E-state index contributed by atoms with van der Waals surface area (Å²) in [6.07, 6.45) is 0. The Morgan fingerprint density at radius 3 is 2.85 bits per heavy atom.